The van der Waals surface area contributed by atoms with Crippen LogP contribution in [0.25, 0.3) is 0 Å². The number of nitrogens with zero attached hydrogens (tertiary/aromatic N) is 1. The average molecular weight is 223 g/mol. The molecule has 1 amide bonds. The van der Waals surface area contributed by atoms with Crippen LogP contribution < -0.4 is 0 Å². The van der Waals surface area contributed by atoms with Gasteiger partial charge in [0.25, 0.3) is 0 Å². The summed E-state index contributed by atoms with van der Waals surface area (Å²) in [7, 11) is 0. The zero-order valence-electron chi connectivity index (χ0n) is 9.77. The van der Waals surface area contributed by atoms with E-state index < -0.39 is 0 Å². The molecular weight excluding hydrogens is 202 g/mol. The van der Waals surface area contributed by atoms with Gasteiger partial charge in [-0.05, 0) is 37.5 Å². The molecule has 2 atom stereocenters. The molecule has 3 aliphatic carbocycles. The van der Waals surface area contributed by atoms with Gasteiger partial charge in [0.1, 0.15) is 0 Å². The second kappa shape index (κ2) is 4.02. The van der Waals surface area contributed by atoms with Crippen LogP contribution in [0.4, 0.5) is 0 Å². The fourth-order valence-electron chi connectivity index (χ4n) is 3.52. The molecule has 0 spiro atoms. The van der Waals surface area contributed by atoms with E-state index in [1.54, 1.807) is 0 Å². The second-order valence-corrected chi connectivity index (χ2v) is 5.62. The third kappa shape index (κ3) is 1.75. The van der Waals surface area contributed by atoms with Gasteiger partial charge in [0.05, 0.1) is 6.61 Å². The van der Waals surface area contributed by atoms with Gasteiger partial charge in [-0.3, -0.25) is 4.79 Å². The Balaban J connectivity index is 1.63. The van der Waals surface area contributed by atoms with E-state index in [9.17, 15) is 4.79 Å². The number of fused-ring (bicyclic) bond motifs is 1. The van der Waals surface area contributed by atoms with Crippen LogP contribution in [-0.2, 0) is 4.79 Å². The number of aliphatic hydroxyl groups excluding tert-OH is 1. The van der Waals surface area contributed by atoms with E-state index in [1.165, 1.54) is 25.7 Å². The number of hydrogen-bond donors (Lipinski definition) is 1. The number of aliphatic hydroxyl groups is 1. The highest BCUT2D eigenvalue weighted by molar-refractivity contribution is 5.83. The van der Waals surface area contributed by atoms with Gasteiger partial charge < -0.3 is 10.0 Å². The van der Waals surface area contributed by atoms with Crippen LogP contribution in [0.3, 0.4) is 0 Å². The van der Waals surface area contributed by atoms with Crippen molar-refractivity contribution in [3.8, 4) is 0 Å². The molecular formula is C13H21NO2. The smallest absolute Gasteiger partial charge is 0.226 e. The van der Waals surface area contributed by atoms with Gasteiger partial charge in [0.2, 0.25) is 5.91 Å². The molecule has 3 heteroatoms. The third-order valence-corrected chi connectivity index (χ3v) is 4.55. The maximum Gasteiger partial charge on any atom is 0.226 e. The van der Waals surface area contributed by atoms with Crippen molar-refractivity contribution < 1.29 is 9.90 Å². The predicted octanol–water partition coefficient (Wildman–Crippen LogP) is 1.41. The average Bonchev–Trinajstić information content (AvgIpc) is 3.17. The van der Waals surface area contributed by atoms with Gasteiger partial charge in [-0.1, -0.05) is 12.8 Å². The molecule has 0 saturated heterocycles. The first kappa shape index (κ1) is 10.6. The monoisotopic (exact) mass is 223 g/mol. The topological polar surface area (TPSA) is 40.5 Å². The molecule has 90 valence electrons. The highest BCUT2D eigenvalue weighted by atomic mass is 16.3. The summed E-state index contributed by atoms with van der Waals surface area (Å²) in [6.07, 6.45) is 7.45. The minimum atomic E-state index is 0.115. The lowest BCUT2D eigenvalue weighted by molar-refractivity contribution is -0.134. The van der Waals surface area contributed by atoms with Crippen LogP contribution in [0.1, 0.15) is 38.5 Å². The van der Waals surface area contributed by atoms with Gasteiger partial charge in [0.15, 0.2) is 0 Å². The molecule has 3 saturated carbocycles. The Labute approximate surface area is 96.8 Å². The fourth-order valence-corrected chi connectivity index (χ4v) is 3.52. The fraction of sp³-hybridized carbons (Fsp3) is 0.923. The highest BCUT2D eigenvalue weighted by Gasteiger charge is 2.56. The van der Waals surface area contributed by atoms with Crippen LogP contribution in [0.15, 0.2) is 0 Å². The van der Waals surface area contributed by atoms with E-state index >= 15 is 0 Å². The van der Waals surface area contributed by atoms with Gasteiger partial charge in [0, 0.05) is 18.5 Å². The first-order chi connectivity index (χ1) is 7.83. The SMILES string of the molecule is O=C(C1C2CCCCC21)N(CCO)C1CC1. The van der Waals surface area contributed by atoms with Crippen molar-refractivity contribution in [3.05, 3.63) is 0 Å². The van der Waals surface area contributed by atoms with E-state index in [4.69, 9.17) is 5.11 Å². The van der Waals surface area contributed by atoms with Crippen LogP contribution in [-0.4, -0.2) is 35.1 Å². The van der Waals surface area contributed by atoms with Crippen molar-refractivity contribution in [2.24, 2.45) is 17.8 Å². The lowest BCUT2D eigenvalue weighted by Crippen LogP contribution is -2.37. The molecule has 3 rings (SSSR count). The molecule has 0 bridgehead atoms. The number of rotatable bonds is 4. The molecule has 3 nitrogen and oxygen atoms in total. The van der Waals surface area contributed by atoms with Crippen molar-refractivity contribution in [2.75, 3.05) is 13.2 Å². The molecule has 0 aromatic carbocycles. The summed E-state index contributed by atoms with van der Waals surface area (Å²) in [4.78, 5) is 14.3. The Kier molecular flexibility index (Phi) is 2.66. The molecule has 16 heavy (non-hydrogen) atoms. The van der Waals surface area contributed by atoms with Crippen LogP contribution in [0.5, 0.6) is 0 Å². The maximum atomic E-state index is 12.4. The Hall–Kier alpha value is -0.570. The minimum Gasteiger partial charge on any atom is -0.395 e. The zero-order valence-corrected chi connectivity index (χ0v) is 9.77. The molecule has 2 unspecified atom stereocenters. The normalized spacial score (nSPS) is 36.7. The van der Waals surface area contributed by atoms with E-state index in [1.807, 2.05) is 4.90 Å². The summed E-state index contributed by atoms with van der Waals surface area (Å²) in [5.41, 5.74) is 0. The molecule has 1 N–H and O–H groups in total. The maximum absolute atomic E-state index is 12.4. The minimum absolute atomic E-state index is 0.115. The van der Waals surface area contributed by atoms with Crippen molar-refractivity contribution >= 4 is 5.91 Å². The van der Waals surface area contributed by atoms with Crippen molar-refractivity contribution in [1.82, 2.24) is 4.90 Å². The number of amides is 1. The first-order valence-corrected chi connectivity index (χ1v) is 6.74. The number of carbonyl (C=O) groups excluding carboxylic acids is 1. The van der Waals surface area contributed by atoms with Gasteiger partial charge in [-0.2, -0.15) is 0 Å². The molecule has 3 fully saturated rings. The lowest BCUT2D eigenvalue weighted by Gasteiger charge is -2.21. The van der Waals surface area contributed by atoms with Crippen molar-refractivity contribution in [3.63, 3.8) is 0 Å². The van der Waals surface area contributed by atoms with Crippen molar-refractivity contribution in [1.29, 1.82) is 0 Å². The number of hydrogen-bond acceptors (Lipinski definition) is 2. The summed E-state index contributed by atoms with van der Waals surface area (Å²) >= 11 is 0. The largest absolute Gasteiger partial charge is 0.395 e. The van der Waals surface area contributed by atoms with Crippen LogP contribution >= 0.6 is 0 Å². The lowest BCUT2D eigenvalue weighted by atomic mass is 10.0. The third-order valence-electron chi connectivity index (χ3n) is 4.55. The second-order valence-electron chi connectivity index (χ2n) is 5.62. The van der Waals surface area contributed by atoms with Crippen LogP contribution in [0.2, 0.25) is 0 Å². The molecule has 3 aliphatic rings. The quantitative estimate of drug-likeness (QED) is 0.782. The summed E-state index contributed by atoms with van der Waals surface area (Å²) in [6, 6.07) is 0.460. The zero-order chi connectivity index (χ0) is 11.1. The molecule has 0 aromatic rings. The molecule has 0 aromatic heterocycles. The van der Waals surface area contributed by atoms with Crippen molar-refractivity contribution in [2.45, 2.75) is 44.6 Å². The highest BCUT2D eigenvalue weighted by Crippen LogP contribution is 2.56. The van der Waals surface area contributed by atoms with E-state index in [0.717, 1.165) is 12.8 Å². The Morgan fingerprint density at radius 3 is 2.25 bits per heavy atom. The standard InChI is InChI=1S/C13H21NO2/c15-8-7-14(9-5-6-9)13(16)12-10-3-1-2-4-11(10)12/h9-12,15H,1-8H2. The van der Waals surface area contributed by atoms with E-state index in [-0.39, 0.29) is 6.61 Å². The summed E-state index contributed by atoms with van der Waals surface area (Å²) in [5.74, 6) is 2.07. The molecule has 0 aliphatic heterocycles. The summed E-state index contributed by atoms with van der Waals surface area (Å²) in [6.45, 7) is 0.670. The van der Waals surface area contributed by atoms with Gasteiger partial charge >= 0.3 is 0 Å². The van der Waals surface area contributed by atoms with E-state index in [0.29, 0.717) is 36.2 Å². The number of carbonyl (C=O) groups is 1. The van der Waals surface area contributed by atoms with E-state index in [2.05, 4.69) is 0 Å². The Bertz CT molecular complexity index is 276. The molecule has 0 radical (unpaired) electrons. The first-order valence-electron chi connectivity index (χ1n) is 6.74. The predicted molar refractivity (Wildman–Crippen MR) is 60.8 cm³/mol. The molecule has 0 heterocycles. The van der Waals surface area contributed by atoms with Gasteiger partial charge in [-0.25, -0.2) is 0 Å². The summed E-state index contributed by atoms with van der Waals surface area (Å²) < 4.78 is 0. The Morgan fingerprint density at radius 1 is 1.12 bits per heavy atom. The van der Waals surface area contributed by atoms with Crippen LogP contribution in [0, 0.1) is 17.8 Å². The van der Waals surface area contributed by atoms with Gasteiger partial charge in [-0.15, -0.1) is 0 Å². The Morgan fingerprint density at radius 2 is 1.75 bits per heavy atom. The summed E-state index contributed by atoms with van der Waals surface area (Å²) in [5, 5.41) is 9.03.